The standard InChI is InChI=1S/C15H26N2O3/c1-11(2)9-16(12-5-3-4-6-12)15(20)17(10-14(18)19)13-7-8-13/h11-13H,3-10H2,1-2H3,(H,18,19). The van der Waals surface area contributed by atoms with Crippen molar-refractivity contribution in [2.45, 2.75) is 64.5 Å². The number of urea groups is 1. The summed E-state index contributed by atoms with van der Waals surface area (Å²) in [6.45, 7) is 4.78. The minimum Gasteiger partial charge on any atom is -0.480 e. The molecule has 20 heavy (non-hydrogen) atoms. The second-order valence-corrected chi connectivity index (χ2v) is 6.52. The van der Waals surface area contributed by atoms with E-state index in [0.29, 0.717) is 12.0 Å². The van der Waals surface area contributed by atoms with Crippen molar-refractivity contribution in [3.63, 3.8) is 0 Å². The normalized spacial score (nSPS) is 19.4. The molecule has 2 saturated carbocycles. The molecule has 0 spiro atoms. The summed E-state index contributed by atoms with van der Waals surface area (Å²) in [6, 6.07) is 0.394. The van der Waals surface area contributed by atoms with Crippen molar-refractivity contribution in [3.8, 4) is 0 Å². The van der Waals surface area contributed by atoms with Crippen LogP contribution in [0.5, 0.6) is 0 Å². The Morgan fingerprint density at radius 2 is 1.60 bits per heavy atom. The largest absolute Gasteiger partial charge is 0.480 e. The highest BCUT2D eigenvalue weighted by molar-refractivity contribution is 5.81. The monoisotopic (exact) mass is 282 g/mol. The fourth-order valence-electron chi connectivity index (χ4n) is 3.04. The number of hydrogen-bond acceptors (Lipinski definition) is 2. The second-order valence-electron chi connectivity index (χ2n) is 6.52. The molecule has 5 heteroatoms. The van der Waals surface area contributed by atoms with Gasteiger partial charge in [-0.05, 0) is 31.6 Å². The molecule has 114 valence electrons. The maximum Gasteiger partial charge on any atom is 0.323 e. The number of carbonyl (C=O) groups is 2. The Morgan fingerprint density at radius 1 is 1.05 bits per heavy atom. The zero-order valence-corrected chi connectivity index (χ0v) is 12.5. The maximum atomic E-state index is 12.8. The lowest BCUT2D eigenvalue weighted by Crippen LogP contribution is -2.51. The van der Waals surface area contributed by atoms with Crippen molar-refractivity contribution in [3.05, 3.63) is 0 Å². The minimum atomic E-state index is -0.916. The summed E-state index contributed by atoms with van der Waals surface area (Å²) in [4.78, 5) is 27.3. The van der Waals surface area contributed by atoms with Crippen molar-refractivity contribution >= 4 is 12.0 Å². The van der Waals surface area contributed by atoms with Crippen LogP contribution in [0.1, 0.15) is 52.4 Å². The van der Waals surface area contributed by atoms with Gasteiger partial charge in [0.2, 0.25) is 0 Å². The average Bonchev–Trinajstić information content (AvgIpc) is 3.07. The summed E-state index contributed by atoms with van der Waals surface area (Å²) >= 11 is 0. The molecule has 1 N–H and O–H groups in total. The van der Waals surface area contributed by atoms with Crippen LogP contribution >= 0.6 is 0 Å². The lowest BCUT2D eigenvalue weighted by atomic mass is 10.1. The molecule has 0 aromatic carbocycles. The molecule has 0 atom stereocenters. The first-order valence-corrected chi connectivity index (χ1v) is 7.78. The van der Waals surface area contributed by atoms with Crippen LogP contribution in [0.3, 0.4) is 0 Å². The number of carbonyl (C=O) groups excluding carboxylic acids is 1. The average molecular weight is 282 g/mol. The minimum absolute atomic E-state index is 0.0597. The predicted molar refractivity (Wildman–Crippen MR) is 76.6 cm³/mol. The SMILES string of the molecule is CC(C)CN(C(=O)N(CC(=O)O)C1CC1)C1CCCC1. The van der Waals surface area contributed by atoms with Gasteiger partial charge in [-0.2, -0.15) is 0 Å². The molecular formula is C15H26N2O3. The van der Waals surface area contributed by atoms with Crippen molar-refractivity contribution in [1.29, 1.82) is 0 Å². The van der Waals surface area contributed by atoms with Crippen LogP contribution in [-0.4, -0.2) is 52.1 Å². The van der Waals surface area contributed by atoms with Gasteiger partial charge in [-0.3, -0.25) is 4.79 Å². The number of rotatable bonds is 6. The van der Waals surface area contributed by atoms with Gasteiger partial charge in [-0.15, -0.1) is 0 Å². The summed E-state index contributed by atoms with van der Waals surface area (Å²) < 4.78 is 0. The molecule has 2 aliphatic carbocycles. The summed E-state index contributed by atoms with van der Waals surface area (Å²) in [5, 5.41) is 9.03. The number of hydrogen-bond donors (Lipinski definition) is 1. The molecule has 0 aliphatic heterocycles. The number of nitrogens with zero attached hydrogens (tertiary/aromatic N) is 2. The molecule has 0 radical (unpaired) electrons. The molecule has 2 aliphatic rings. The van der Waals surface area contributed by atoms with Gasteiger partial charge in [0.25, 0.3) is 0 Å². The molecule has 0 unspecified atom stereocenters. The summed E-state index contributed by atoms with van der Waals surface area (Å²) in [5.74, 6) is -0.508. The van der Waals surface area contributed by atoms with Crippen LogP contribution in [0.4, 0.5) is 4.79 Å². The Morgan fingerprint density at radius 3 is 2.05 bits per heavy atom. The molecule has 0 saturated heterocycles. The van der Waals surface area contributed by atoms with Crippen LogP contribution in [0, 0.1) is 5.92 Å². The number of aliphatic carboxylic acids is 1. The number of amides is 2. The third-order valence-corrected chi connectivity index (χ3v) is 4.11. The van der Waals surface area contributed by atoms with E-state index in [1.165, 1.54) is 12.8 Å². The van der Waals surface area contributed by atoms with E-state index in [2.05, 4.69) is 13.8 Å². The first-order chi connectivity index (χ1) is 9.49. The van der Waals surface area contributed by atoms with Crippen molar-refractivity contribution in [1.82, 2.24) is 9.80 Å². The van der Waals surface area contributed by atoms with E-state index in [1.807, 2.05) is 4.90 Å². The van der Waals surface area contributed by atoms with Crippen molar-refractivity contribution < 1.29 is 14.7 Å². The molecule has 5 nitrogen and oxygen atoms in total. The summed E-state index contributed by atoms with van der Waals surface area (Å²) in [6.07, 6.45) is 6.36. The van der Waals surface area contributed by atoms with Crippen molar-refractivity contribution in [2.24, 2.45) is 5.92 Å². The quantitative estimate of drug-likeness (QED) is 0.814. The van der Waals surface area contributed by atoms with Gasteiger partial charge in [0.05, 0.1) is 0 Å². The van der Waals surface area contributed by atoms with E-state index in [4.69, 9.17) is 5.11 Å². The Kier molecular flexibility index (Phi) is 4.89. The van der Waals surface area contributed by atoms with Crippen molar-refractivity contribution in [2.75, 3.05) is 13.1 Å². The van der Waals surface area contributed by atoms with Gasteiger partial charge in [0.1, 0.15) is 6.54 Å². The van der Waals surface area contributed by atoms with Crippen LogP contribution in [0.25, 0.3) is 0 Å². The van der Waals surface area contributed by atoms with E-state index in [0.717, 1.165) is 32.2 Å². The van der Waals surface area contributed by atoms with Gasteiger partial charge in [-0.25, -0.2) is 4.79 Å². The molecule has 0 aromatic rings. The Bertz CT molecular complexity index is 360. The fraction of sp³-hybridized carbons (Fsp3) is 0.867. The highest BCUT2D eigenvalue weighted by atomic mass is 16.4. The van der Waals surface area contributed by atoms with Crippen LogP contribution in [0.15, 0.2) is 0 Å². The topological polar surface area (TPSA) is 60.9 Å². The van der Waals surface area contributed by atoms with E-state index in [9.17, 15) is 9.59 Å². The number of carboxylic acids is 1. The third-order valence-electron chi connectivity index (χ3n) is 4.11. The van der Waals surface area contributed by atoms with Crippen LogP contribution in [-0.2, 0) is 4.79 Å². The van der Waals surface area contributed by atoms with Gasteiger partial charge < -0.3 is 14.9 Å². The number of carboxylic acid groups (broad SMARTS) is 1. The summed E-state index contributed by atoms with van der Waals surface area (Å²) in [7, 11) is 0. The lowest BCUT2D eigenvalue weighted by molar-refractivity contribution is -0.137. The molecule has 0 heterocycles. The van der Waals surface area contributed by atoms with Gasteiger partial charge in [0.15, 0.2) is 0 Å². The first-order valence-electron chi connectivity index (χ1n) is 7.78. The van der Waals surface area contributed by atoms with E-state index < -0.39 is 5.97 Å². The van der Waals surface area contributed by atoms with Gasteiger partial charge in [0, 0.05) is 18.6 Å². The maximum absolute atomic E-state index is 12.8. The Balaban J connectivity index is 2.08. The lowest BCUT2D eigenvalue weighted by Gasteiger charge is -2.35. The third kappa shape index (κ3) is 3.87. The molecule has 0 bridgehead atoms. The van der Waals surface area contributed by atoms with E-state index in [-0.39, 0.29) is 18.6 Å². The molecule has 2 amide bonds. The Labute approximate surface area is 120 Å². The predicted octanol–water partition coefficient (Wildman–Crippen LogP) is 2.56. The molecular weight excluding hydrogens is 256 g/mol. The van der Waals surface area contributed by atoms with Gasteiger partial charge >= 0.3 is 12.0 Å². The van der Waals surface area contributed by atoms with E-state index >= 15 is 0 Å². The second kappa shape index (κ2) is 6.46. The van der Waals surface area contributed by atoms with Gasteiger partial charge in [-0.1, -0.05) is 26.7 Å². The zero-order valence-electron chi connectivity index (χ0n) is 12.5. The zero-order chi connectivity index (χ0) is 14.7. The Hall–Kier alpha value is -1.26. The smallest absolute Gasteiger partial charge is 0.323 e. The van der Waals surface area contributed by atoms with E-state index in [1.54, 1.807) is 4.90 Å². The van der Waals surface area contributed by atoms with Crippen LogP contribution < -0.4 is 0 Å². The first kappa shape index (κ1) is 15.1. The highest BCUT2D eigenvalue weighted by Crippen LogP contribution is 2.30. The molecule has 2 fully saturated rings. The molecule has 0 aromatic heterocycles. The summed E-state index contributed by atoms with van der Waals surface area (Å²) in [5.41, 5.74) is 0. The molecule has 2 rings (SSSR count). The fourth-order valence-corrected chi connectivity index (χ4v) is 3.04. The highest BCUT2D eigenvalue weighted by Gasteiger charge is 2.38. The van der Waals surface area contributed by atoms with Crippen LogP contribution in [0.2, 0.25) is 0 Å².